The Morgan fingerprint density at radius 1 is 1.50 bits per heavy atom. The maximum Gasteiger partial charge on any atom is 0.237 e. The van der Waals surface area contributed by atoms with Crippen molar-refractivity contribution in [3.8, 4) is 0 Å². The van der Waals surface area contributed by atoms with Crippen LogP contribution >= 0.6 is 12.4 Å². The van der Waals surface area contributed by atoms with Crippen LogP contribution in [0.25, 0.3) is 0 Å². The molecule has 3 atom stereocenters. The zero-order valence-corrected chi connectivity index (χ0v) is 13.9. The Kier molecular flexibility index (Phi) is 6.98. The highest BCUT2D eigenvalue weighted by molar-refractivity contribution is 5.85. The third-order valence-corrected chi connectivity index (χ3v) is 3.84. The minimum Gasteiger partial charge on any atom is -0.350 e. The van der Waals surface area contributed by atoms with Crippen LogP contribution in [0.5, 0.6) is 0 Å². The smallest absolute Gasteiger partial charge is 0.237 e. The molecule has 1 aliphatic rings. The lowest BCUT2D eigenvalue weighted by Gasteiger charge is -2.32. The number of amides is 2. The number of likely N-dealkylation sites (tertiary alicyclic amines) is 1. The number of halogens is 1. The molecule has 0 radical (unpaired) electrons. The van der Waals surface area contributed by atoms with Gasteiger partial charge in [-0.2, -0.15) is 0 Å². The summed E-state index contributed by atoms with van der Waals surface area (Å²) < 4.78 is 0. The maximum absolute atomic E-state index is 12.0. The monoisotopic (exact) mass is 305 g/mol. The van der Waals surface area contributed by atoms with Gasteiger partial charge in [0.2, 0.25) is 11.8 Å². The Balaban J connectivity index is 0.00000361. The molecular weight excluding hydrogens is 278 g/mol. The lowest BCUT2D eigenvalue weighted by atomic mass is 9.99. The van der Waals surface area contributed by atoms with E-state index in [0.717, 1.165) is 6.42 Å². The van der Waals surface area contributed by atoms with Gasteiger partial charge in [0, 0.05) is 18.5 Å². The molecule has 0 aromatic carbocycles. The molecule has 2 amide bonds. The zero-order chi connectivity index (χ0) is 14.8. The molecule has 1 rings (SSSR count). The van der Waals surface area contributed by atoms with Crippen molar-refractivity contribution >= 4 is 24.2 Å². The van der Waals surface area contributed by atoms with Gasteiger partial charge in [-0.25, -0.2) is 0 Å². The number of nitrogens with one attached hydrogen (secondary N) is 1. The van der Waals surface area contributed by atoms with Crippen molar-refractivity contribution in [1.29, 1.82) is 0 Å². The van der Waals surface area contributed by atoms with Crippen LogP contribution in [0.2, 0.25) is 0 Å². The number of carbonyl (C=O) groups is 2. The number of rotatable bonds is 4. The summed E-state index contributed by atoms with van der Waals surface area (Å²) in [5, 5.41) is 2.90. The molecule has 1 fully saturated rings. The van der Waals surface area contributed by atoms with Crippen LogP contribution in [0.4, 0.5) is 0 Å². The van der Waals surface area contributed by atoms with Crippen molar-refractivity contribution in [3.63, 3.8) is 0 Å². The topological polar surface area (TPSA) is 75.4 Å². The van der Waals surface area contributed by atoms with Crippen molar-refractivity contribution in [2.75, 3.05) is 6.54 Å². The number of nitrogens with zero attached hydrogens (tertiary/aromatic N) is 1. The second-order valence-corrected chi connectivity index (χ2v) is 6.50. The van der Waals surface area contributed by atoms with E-state index in [4.69, 9.17) is 5.73 Å². The number of carbonyl (C=O) groups excluding carboxylic acids is 2. The first-order valence-electron chi connectivity index (χ1n) is 7.03. The minimum absolute atomic E-state index is 0. The highest BCUT2D eigenvalue weighted by Gasteiger charge is 2.37. The Hall–Kier alpha value is -0.810. The fourth-order valence-electron chi connectivity index (χ4n) is 2.26. The van der Waals surface area contributed by atoms with Gasteiger partial charge in [-0.1, -0.05) is 20.3 Å². The van der Waals surface area contributed by atoms with Gasteiger partial charge in [0.1, 0.15) is 0 Å². The van der Waals surface area contributed by atoms with Crippen LogP contribution in [0.15, 0.2) is 0 Å². The van der Waals surface area contributed by atoms with E-state index < -0.39 is 6.04 Å². The molecule has 20 heavy (non-hydrogen) atoms. The predicted octanol–water partition coefficient (Wildman–Crippen LogP) is 1.30. The standard InChI is InChI=1S/C14H27N3O2.ClH/c1-6-9(2)12(15)13(19)16-10-7-11(18)17(8-10)14(3,4)5;/h9-10,12H,6-8,15H2,1-5H3,(H,16,19);1H. The van der Waals surface area contributed by atoms with E-state index in [1.807, 2.05) is 39.5 Å². The van der Waals surface area contributed by atoms with E-state index in [1.54, 1.807) is 0 Å². The highest BCUT2D eigenvalue weighted by Crippen LogP contribution is 2.22. The lowest BCUT2D eigenvalue weighted by molar-refractivity contribution is -0.131. The number of hydrogen-bond acceptors (Lipinski definition) is 3. The summed E-state index contributed by atoms with van der Waals surface area (Å²) in [5.74, 6) is 0.0913. The van der Waals surface area contributed by atoms with Gasteiger partial charge in [0.15, 0.2) is 0 Å². The fourth-order valence-corrected chi connectivity index (χ4v) is 2.26. The van der Waals surface area contributed by atoms with E-state index >= 15 is 0 Å². The molecule has 0 spiro atoms. The first kappa shape index (κ1) is 19.2. The molecule has 0 aromatic rings. The summed E-state index contributed by atoms with van der Waals surface area (Å²) in [6.07, 6.45) is 1.24. The van der Waals surface area contributed by atoms with Crippen molar-refractivity contribution in [2.24, 2.45) is 11.7 Å². The summed E-state index contributed by atoms with van der Waals surface area (Å²) in [4.78, 5) is 25.7. The fraction of sp³-hybridized carbons (Fsp3) is 0.857. The molecule has 0 bridgehead atoms. The van der Waals surface area contributed by atoms with Crippen molar-refractivity contribution in [3.05, 3.63) is 0 Å². The van der Waals surface area contributed by atoms with Crippen molar-refractivity contribution < 1.29 is 9.59 Å². The maximum atomic E-state index is 12.0. The van der Waals surface area contributed by atoms with Crippen molar-refractivity contribution in [1.82, 2.24) is 10.2 Å². The molecule has 3 N–H and O–H groups in total. The third-order valence-electron chi connectivity index (χ3n) is 3.84. The van der Waals surface area contributed by atoms with Crippen molar-refractivity contribution in [2.45, 2.75) is 65.1 Å². The van der Waals surface area contributed by atoms with Crippen LogP contribution < -0.4 is 11.1 Å². The predicted molar refractivity (Wildman–Crippen MR) is 82.7 cm³/mol. The van der Waals surface area contributed by atoms with Crippen LogP contribution in [0.1, 0.15) is 47.5 Å². The lowest BCUT2D eigenvalue weighted by Crippen LogP contribution is -2.50. The van der Waals surface area contributed by atoms with E-state index in [2.05, 4.69) is 5.32 Å². The average Bonchev–Trinajstić information content (AvgIpc) is 2.67. The Morgan fingerprint density at radius 3 is 2.45 bits per heavy atom. The second kappa shape index (κ2) is 7.27. The molecule has 1 heterocycles. The first-order valence-corrected chi connectivity index (χ1v) is 7.03. The molecule has 5 nitrogen and oxygen atoms in total. The summed E-state index contributed by atoms with van der Waals surface area (Å²) in [7, 11) is 0. The molecule has 3 unspecified atom stereocenters. The molecule has 118 valence electrons. The molecule has 6 heteroatoms. The van der Waals surface area contributed by atoms with Gasteiger partial charge in [0.25, 0.3) is 0 Å². The molecule has 1 saturated heterocycles. The van der Waals surface area contributed by atoms with Gasteiger partial charge >= 0.3 is 0 Å². The van der Waals surface area contributed by atoms with Crippen LogP contribution in [0, 0.1) is 5.92 Å². The largest absolute Gasteiger partial charge is 0.350 e. The second-order valence-electron chi connectivity index (χ2n) is 6.50. The van der Waals surface area contributed by atoms with Crippen LogP contribution in [-0.4, -0.2) is 40.9 Å². The van der Waals surface area contributed by atoms with E-state index in [0.29, 0.717) is 13.0 Å². The van der Waals surface area contributed by atoms with Gasteiger partial charge in [-0.05, 0) is 26.7 Å². The molecule has 0 aromatic heterocycles. The highest BCUT2D eigenvalue weighted by atomic mass is 35.5. The zero-order valence-electron chi connectivity index (χ0n) is 13.1. The SMILES string of the molecule is CCC(C)C(N)C(=O)NC1CC(=O)N(C(C)(C)C)C1.Cl. The summed E-state index contributed by atoms with van der Waals surface area (Å²) in [6, 6.07) is -0.613. The number of nitrogens with two attached hydrogens (primary N) is 1. The normalized spacial score (nSPS) is 22.2. The Labute approximate surface area is 128 Å². The minimum atomic E-state index is -0.496. The van der Waals surface area contributed by atoms with Crippen LogP contribution in [0.3, 0.4) is 0 Å². The molecule has 0 aliphatic carbocycles. The number of hydrogen-bond donors (Lipinski definition) is 2. The van der Waals surface area contributed by atoms with Gasteiger partial charge in [-0.3, -0.25) is 9.59 Å². The summed E-state index contributed by atoms with van der Waals surface area (Å²) in [6.45, 7) is 10.5. The first-order chi connectivity index (χ1) is 8.66. The van der Waals surface area contributed by atoms with Gasteiger partial charge in [0.05, 0.1) is 12.1 Å². The third kappa shape index (κ3) is 4.63. The molecule has 1 aliphatic heterocycles. The Morgan fingerprint density at radius 2 is 2.05 bits per heavy atom. The Bertz CT molecular complexity index is 355. The molecular formula is C14H28ClN3O2. The summed E-state index contributed by atoms with van der Waals surface area (Å²) >= 11 is 0. The van der Waals surface area contributed by atoms with Gasteiger partial charge < -0.3 is 16.0 Å². The van der Waals surface area contributed by atoms with Gasteiger partial charge in [-0.15, -0.1) is 12.4 Å². The van der Waals surface area contributed by atoms with E-state index in [1.165, 1.54) is 0 Å². The van der Waals surface area contributed by atoms with E-state index in [9.17, 15) is 9.59 Å². The van der Waals surface area contributed by atoms with Crippen LogP contribution in [-0.2, 0) is 9.59 Å². The molecule has 0 saturated carbocycles. The summed E-state index contributed by atoms with van der Waals surface area (Å²) in [5.41, 5.74) is 5.69. The quantitative estimate of drug-likeness (QED) is 0.822. The average molecular weight is 306 g/mol. The van der Waals surface area contributed by atoms with E-state index in [-0.39, 0.29) is 41.7 Å².